The van der Waals surface area contributed by atoms with E-state index < -0.39 is 0 Å². The van der Waals surface area contributed by atoms with Crippen LogP contribution in [0, 0.1) is 0 Å². The molecule has 0 saturated heterocycles. The first-order chi connectivity index (χ1) is 2.91. The van der Waals surface area contributed by atoms with Crippen molar-refractivity contribution in [1.29, 1.82) is 0 Å². The first-order valence-electron chi connectivity index (χ1n) is 2.50. The second-order valence-corrected chi connectivity index (χ2v) is 1.82. The van der Waals surface area contributed by atoms with Gasteiger partial charge in [-0.25, -0.2) is 0 Å². The van der Waals surface area contributed by atoms with Crippen molar-refractivity contribution in [3.05, 3.63) is 0 Å². The standard InChI is InChI=1S/C5H12S.Li/c1-2-3-4-5-6;/h6H,2-5H2,1H3;/q;+1/p-1. The van der Waals surface area contributed by atoms with Gasteiger partial charge in [-0.3, -0.25) is 0 Å². The first kappa shape index (κ1) is 10.8. The van der Waals surface area contributed by atoms with Crippen molar-refractivity contribution < 1.29 is 18.9 Å². The Morgan fingerprint density at radius 3 is 2.00 bits per heavy atom. The SMILES string of the molecule is CCCCC[S-].[Li+]. The van der Waals surface area contributed by atoms with Crippen LogP contribution < -0.4 is 18.9 Å². The van der Waals surface area contributed by atoms with E-state index in [9.17, 15) is 0 Å². The topological polar surface area (TPSA) is 0 Å². The second-order valence-electron chi connectivity index (χ2n) is 1.41. The fraction of sp³-hybridized carbons (Fsp3) is 1.00. The van der Waals surface area contributed by atoms with Gasteiger partial charge in [0.15, 0.2) is 0 Å². The molecule has 0 aliphatic rings. The number of hydrogen-bond donors (Lipinski definition) is 0. The molecule has 0 bridgehead atoms. The van der Waals surface area contributed by atoms with Gasteiger partial charge in [0.2, 0.25) is 0 Å². The third kappa shape index (κ3) is 10.9. The third-order valence-electron chi connectivity index (χ3n) is 0.748. The Morgan fingerprint density at radius 1 is 1.29 bits per heavy atom. The number of hydrogen-bond acceptors (Lipinski definition) is 1. The summed E-state index contributed by atoms with van der Waals surface area (Å²) in [6.45, 7) is 2.19. The fourth-order valence-electron chi connectivity index (χ4n) is 0.352. The van der Waals surface area contributed by atoms with Crippen LogP contribution in [0.4, 0.5) is 0 Å². The van der Waals surface area contributed by atoms with Crippen LogP contribution in [0.3, 0.4) is 0 Å². The van der Waals surface area contributed by atoms with E-state index in [4.69, 9.17) is 12.6 Å². The summed E-state index contributed by atoms with van der Waals surface area (Å²) >= 11 is 4.72. The normalized spacial score (nSPS) is 7.71. The minimum absolute atomic E-state index is 0. The molecular formula is C5H11LiS. The van der Waals surface area contributed by atoms with Crippen molar-refractivity contribution in [2.75, 3.05) is 5.75 Å². The molecule has 0 saturated carbocycles. The van der Waals surface area contributed by atoms with Gasteiger partial charge in [0.25, 0.3) is 0 Å². The van der Waals surface area contributed by atoms with Crippen LogP contribution in [0.2, 0.25) is 0 Å². The Hall–Kier alpha value is 0.947. The molecule has 0 unspecified atom stereocenters. The summed E-state index contributed by atoms with van der Waals surface area (Å²) in [6.07, 6.45) is 3.83. The molecule has 7 heavy (non-hydrogen) atoms. The monoisotopic (exact) mass is 110 g/mol. The minimum atomic E-state index is 0. The predicted molar refractivity (Wildman–Crippen MR) is 31.8 cm³/mol. The van der Waals surface area contributed by atoms with E-state index in [0.29, 0.717) is 0 Å². The van der Waals surface area contributed by atoms with Crippen molar-refractivity contribution in [2.24, 2.45) is 0 Å². The Morgan fingerprint density at radius 2 is 1.86 bits per heavy atom. The molecule has 0 aliphatic carbocycles. The van der Waals surface area contributed by atoms with Crippen molar-refractivity contribution in [2.45, 2.75) is 26.2 Å². The maximum Gasteiger partial charge on any atom is 1.00 e. The summed E-state index contributed by atoms with van der Waals surface area (Å²) < 4.78 is 0. The minimum Gasteiger partial charge on any atom is -0.793 e. The molecule has 38 valence electrons. The largest absolute Gasteiger partial charge is 1.00 e. The van der Waals surface area contributed by atoms with Gasteiger partial charge in [-0.1, -0.05) is 26.2 Å². The van der Waals surface area contributed by atoms with Gasteiger partial charge >= 0.3 is 18.9 Å². The van der Waals surface area contributed by atoms with Gasteiger partial charge < -0.3 is 12.6 Å². The zero-order valence-corrected chi connectivity index (χ0v) is 6.05. The average molecular weight is 110 g/mol. The van der Waals surface area contributed by atoms with Gasteiger partial charge in [-0.15, -0.1) is 0 Å². The average Bonchev–Trinajstić information content (AvgIpc) is 1.61. The summed E-state index contributed by atoms with van der Waals surface area (Å²) in [5.74, 6) is 0.938. The molecule has 0 nitrogen and oxygen atoms in total. The van der Waals surface area contributed by atoms with E-state index in [-0.39, 0.29) is 18.9 Å². The molecule has 0 atom stereocenters. The van der Waals surface area contributed by atoms with Crippen molar-refractivity contribution in [3.8, 4) is 0 Å². The van der Waals surface area contributed by atoms with E-state index in [1.807, 2.05) is 0 Å². The quantitative estimate of drug-likeness (QED) is 0.248. The summed E-state index contributed by atoms with van der Waals surface area (Å²) in [5, 5.41) is 0. The fourth-order valence-corrected chi connectivity index (χ4v) is 0.556. The summed E-state index contributed by atoms with van der Waals surface area (Å²) in [7, 11) is 0. The maximum absolute atomic E-state index is 4.72. The van der Waals surface area contributed by atoms with Crippen LogP contribution in [-0.2, 0) is 12.6 Å². The van der Waals surface area contributed by atoms with Crippen molar-refractivity contribution >= 4 is 12.6 Å². The predicted octanol–water partition coefficient (Wildman–Crippen LogP) is -1.27. The van der Waals surface area contributed by atoms with Gasteiger partial charge in [0.05, 0.1) is 0 Å². The molecular weight excluding hydrogens is 99.1 g/mol. The van der Waals surface area contributed by atoms with E-state index >= 15 is 0 Å². The van der Waals surface area contributed by atoms with E-state index in [1.54, 1.807) is 0 Å². The number of unbranched alkanes of at least 4 members (excludes halogenated alkanes) is 2. The van der Waals surface area contributed by atoms with E-state index in [0.717, 1.165) is 5.75 Å². The molecule has 0 aliphatic heterocycles. The Labute approximate surface area is 63.7 Å². The van der Waals surface area contributed by atoms with Crippen molar-refractivity contribution in [1.82, 2.24) is 0 Å². The molecule has 0 rings (SSSR count). The van der Waals surface area contributed by atoms with Gasteiger partial charge in [0.1, 0.15) is 0 Å². The zero-order valence-electron chi connectivity index (χ0n) is 5.24. The molecule has 0 fully saturated rings. The summed E-state index contributed by atoms with van der Waals surface area (Å²) in [6, 6.07) is 0. The molecule has 0 aromatic carbocycles. The van der Waals surface area contributed by atoms with Crippen LogP contribution in [0.1, 0.15) is 26.2 Å². The zero-order chi connectivity index (χ0) is 4.83. The van der Waals surface area contributed by atoms with Crippen LogP contribution in [-0.4, -0.2) is 5.75 Å². The van der Waals surface area contributed by atoms with Crippen molar-refractivity contribution in [3.63, 3.8) is 0 Å². The molecule has 0 aromatic rings. The molecule has 0 spiro atoms. The maximum atomic E-state index is 4.72. The number of rotatable bonds is 3. The van der Waals surface area contributed by atoms with E-state index in [2.05, 4.69) is 6.92 Å². The molecule has 0 heterocycles. The van der Waals surface area contributed by atoms with Crippen LogP contribution in [0.5, 0.6) is 0 Å². The smallest absolute Gasteiger partial charge is 0.793 e. The van der Waals surface area contributed by atoms with E-state index in [1.165, 1.54) is 19.3 Å². The Balaban J connectivity index is 0. The molecule has 0 N–H and O–H groups in total. The van der Waals surface area contributed by atoms with Gasteiger partial charge in [0, 0.05) is 0 Å². The first-order valence-corrected chi connectivity index (χ1v) is 3.07. The van der Waals surface area contributed by atoms with Gasteiger partial charge in [-0.05, 0) is 0 Å². The Bertz CT molecular complexity index is 20.0. The molecule has 0 amide bonds. The van der Waals surface area contributed by atoms with Crippen LogP contribution in [0.15, 0.2) is 0 Å². The van der Waals surface area contributed by atoms with Crippen LogP contribution in [0.25, 0.3) is 0 Å². The summed E-state index contributed by atoms with van der Waals surface area (Å²) in [5.41, 5.74) is 0. The Kier molecular flexibility index (Phi) is 15.6. The molecule has 0 radical (unpaired) electrons. The van der Waals surface area contributed by atoms with Gasteiger partial charge in [-0.2, -0.15) is 5.75 Å². The van der Waals surface area contributed by atoms with Crippen LogP contribution >= 0.6 is 0 Å². The third-order valence-corrected chi connectivity index (χ3v) is 1.04. The molecule has 2 heteroatoms. The second kappa shape index (κ2) is 10.0. The summed E-state index contributed by atoms with van der Waals surface area (Å²) in [4.78, 5) is 0. The molecule has 0 aromatic heterocycles.